The van der Waals surface area contributed by atoms with Crippen LogP contribution in [-0.4, -0.2) is 25.9 Å². The fourth-order valence-electron chi connectivity index (χ4n) is 2.39. The average Bonchev–Trinajstić information content (AvgIpc) is 2.76. The van der Waals surface area contributed by atoms with Crippen molar-refractivity contribution < 1.29 is 9.47 Å². The molecule has 100 valence electrons. The van der Waals surface area contributed by atoms with Crippen LogP contribution < -0.4 is 10.5 Å². The summed E-state index contributed by atoms with van der Waals surface area (Å²) in [6, 6.07) is 4.35. The molecule has 0 bridgehead atoms. The van der Waals surface area contributed by atoms with Gasteiger partial charge in [0.2, 0.25) is 0 Å². The van der Waals surface area contributed by atoms with Crippen molar-refractivity contribution in [3.63, 3.8) is 0 Å². The lowest BCUT2D eigenvalue weighted by Crippen LogP contribution is -2.28. The summed E-state index contributed by atoms with van der Waals surface area (Å²) in [5, 5.41) is 0. The molecule has 2 rings (SSSR count). The van der Waals surface area contributed by atoms with E-state index in [-0.39, 0.29) is 12.1 Å². The molecule has 1 aromatic carbocycles. The second-order valence-corrected chi connectivity index (χ2v) is 5.81. The van der Waals surface area contributed by atoms with Gasteiger partial charge in [-0.3, -0.25) is 0 Å². The largest absolute Gasteiger partial charge is 0.493 e. The van der Waals surface area contributed by atoms with Crippen LogP contribution in [0.3, 0.4) is 0 Å². The van der Waals surface area contributed by atoms with E-state index in [1.54, 1.807) is 7.11 Å². The summed E-state index contributed by atoms with van der Waals surface area (Å²) >= 11 is 3.55. The van der Waals surface area contributed by atoms with Crippen LogP contribution in [0, 0.1) is 0 Å². The van der Waals surface area contributed by atoms with Crippen molar-refractivity contribution in [2.45, 2.75) is 38.3 Å². The van der Waals surface area contributed by atoms with Gasteiger partial charge in [0.15, 0.2) is 0 Å². The molecule has 1 aliphatic rings. The van der Waals surface area contributed by atoms with Gasteiger partial charge in [-0.2, -0.15) is 0 Å². The molecule has 1 aliphatic heterocycles. The Morgan fingerprint density at radius 3 is 3.00 bits per heavy atom. The van der Waals surface area contributed by atoms with Crippen LogP contribution in [0.4, 0.5) is 0 Å². The molecule has 0 aliphatic carbocycles. The molecule has 4 heteroatoms. The first-order valence-electron chi connectivity index (χ1n) is 6.32. The maximum absolute atomic E-state index is 6.18. The predicted octanol–water partition coefficient (Wildman–Crippen LogP) is 2.68. The number of halogens is 1. The molecule has 0 saturated heterocycles. The van der Waals surface area contributed by atoms with Crippen LogP contribution in [0.5, 0.6) is 5.75 Å². The molecule has 0 amide bonds. The van der Waals surface area contributed by atoms with Gasteiger partial charge in [-0.25, -0.2) is 0 Å². The highest BCUT2D eigenvalue weighted by molar-refractivity contribution is 9.10. The maximum atomic E-state index is 6.18. The van der Waals surface area contributed by atoms with E-state index in [9.17, 15) is 0 Å². The van der Waals surface area contributed by atoms with Gasteiger partial charge in [0.1, 0.15) is 5.75 Å². The van der Waals surface area contributed by atoms with Crippen molar-refractivity contribution in [2.24, 2.45) is 5.73 Å². The number of ether oxygens (including phenoxy) is 2. The third-order valence-electron chi connectivity index (χ3n) is 3.34. The van der Waals surface area contributed by atoms with E-state index in [4.69, 9.17) is 15.2 Å². The Labute approximate surface area is 117 Å². The third-order valence-corrected chi connectivity index (χ3v) is 3.80. The summed E-state index contributed by atoms with van der Waals surface area (Å²) in [5.74, 6) is 1.04. The normalized spacial score (nSPS) is 17.1. The van der Waals surface area contributed by atoms with Crippen LogP contribution in [0.25, 0.3) is 0 Å². The molecule has 2 unspecified atom stereocenters. The first kappa shape index (κ1) is 13.8. The van der Waals surface area contributed by atoms with Gasteiger partial charge in [0, 0.05) is 24.0 Å². The van der Waals surface area contributed by atoms with Gasteiger partial charge < -0.3 is 15.2 Å². The third kappa shape index (κ3) is 3.25. The highest BCUT2D eigenvalue weighted by Gasteiger charge is 2.19. The Morgan fingerprint density at radius 1 is 1.50 bits per heavy atom. The Bertz CT molecular complexity index is 423. The topological polar surface area (TPSA) is 44.5 Å². The van der Waals surface area contributed by atoms with Crippen molar-refractivity contribution in [1.82, 2.24) is 0 Å². The van der Waals surface area contributed by atoms with Crippen LogP contribution in [0.2, 0.25) is 0 Å². The number of methoxy groups -OCH3 is 1. The van der Waals surface area contributed by atoms with E-state index in [0.717, 1.165) is 36.1 Å². The molecule has 18 heavy (non-hydrogen) atoms. The highest BCUT2D eigenvalue weighted by atomic mass is 79.9. The molecule has 0 saturated carbocycles. The Morgan fingerprint density at radius 2 is 2.28 bits per heavy atom. The minimum atomic E-state index is 0.0996. The lowest BCUT2D eigenvalue weighted by molar-refractivity contribution is 0.104. The number of benzene rings is 1. The van der Waals surface area contributed by atoms with Crippen LogP contribution >= 0.6 is 15.9 Å². The van der Waals surface area contributed by atoms with Gasteiger partial charge in [-0.1, -0.05) is 15.9 Å². The molecule has 0 spiro atoms. The summed E-state index contributed by atoms with van der Waals surface area (Å²) in [6.45, 7) is 2.82. The van der Waals surface area contributed by atoms with Crippen LogP contribution in [0.15, 0.2) is 16.6 Å². The van der Waals surface area contributed by atoms with Crippen molar-refractivity contribution in [3.8, 4) is 5.75 Å². The highest BCUT2D eigenvalue weighted by Crippen LogP contribution is 2.33. The molecule has 2 atom stereocenters. The van der Waals surface area contributed by atoms with Gasteiger partial charge in [-0.15, -0.1) is 0 Å². The minimum Gasteiger partial charge on any atom is -0.493 e. The molecular weight excluding hydrogens is 294 g/mol. The van der Waals surface area contributed by atoms with Crippen molar-refractivity contribution in [1.29, 1.82) is 0 Å². The van der Waals surface area contributed by atoms with E-state index in [1.807, 2.05) is 6.92 Å². The zero-order valence-electron chi connectivity index (χ0n) is 10.9. The van der Waals surface area contributed by atoms with E-state index in [1.165, 1.54) is 11.1 Å². The monoisotopic (exact) mass is 313 g/mol. The lowest BCUT2D eigenvalue weighted by Gasteiger charge is -2.17. The molecule has 2 N–H and O–H groups in total. The second-order valence-electron chi connectivity index (χ2n) is 4.90. The molecule has 0 radical (unpaired) electrons. The van der Waals surface area contributed by atoms with Crippen molar-refractivity contribution in [3.05, 3.63) is 27.7 Å². The number of hydrogen-bond acceptors (Lipinski definition) is 3. The zero-order chi connectivity index (χ0) is 13.1. The first-order valence-corrected chi connectivity index (χ1v) is 7.12. The molecule has 0 fully saturated rings. The molecule has 0 aromatic heterocycles. The van der Waals surface area contributed by atoms with Gasteiger partial charge in [-0.05, 0) is 43.0 Å². The van der Waals surface area contributed by atoms with Crippen LogP contribution in [0.1, 0.15) is 24.5 Å². The SMILES string of the molecule is COC(C)CC(N)Cc1cc(Br)cc2c1OCC2. The second kappa shape index (κ2) is 6.04. The predicted molar refractivity (Wildman–Crippen MR) is 76.1 cm³/mol. The quantitative estimate of drug-likeness (QED) is 0.909. The average molecular weight is 314 g/mol. The number of rotatable bonds is 5. The lowest BCUT2D eigenvalue weighted by atomic mass is 9.99. The van der Waals surface area contributed by atoms with Gasteiger partial charge in [0.05, 0.1) is 12.7 Å². The Hall–Kier alpha value is -0.580. The Kier molecular flexibility index (Phi) is 4.65. The molecule has 1 aromatic rings. The van der Waals surface area contributed by atoms with Crippen molar-refractivity contribution >= 4 is 15.9 Å². The fraction of sp³-hybridized carbons (Fsp3) is 0.571. The number of fused-ring (bicyclic) bond motifs is 1. The smallest absolute Gasteiger partial charge is 0.125 e. The van der Waals surface area contributed by atoms with E-state index in [2.05, 4.69) is 28.1 Å². The number of hydrogen-bond donors (Lipinski definition) is 1. The fourth-order valence-corrected chi connectivity index (χ4v) is 2.94. The van der Waals surface area contributed by atoms with Gasteiger partial charge in [0.25, 0.3) is 0 Å². The molecule has 1 heterocycles. The van der Waals surface area contributed by atoms with E-state index >= 15 is 0 Å². The first-order chi connectivity index (χ1) is 8.60. The minimum absolute atomic E-state index is 0.0996. The molecule has 3 nitrogen and oxygen atoms in total. The standard InChI is InChI=1S/C14H20BrNO2/c1-9(17-2)5-13(16)8-11-7-12(15)6-10-3-4-18-14(10)11/h6-7,9,13H,3-5,8,16H2,1-2H3. The zero-order valence-corrected chi connectivity index (χ0v) is 12.5. The Balaban J connectivity index is 2.09. The number of nitrogens with two attached hydrogens (primary N) is 1. The van der Waals surface area contributed by atoms with Crippen molar-refractivity contribution in [2.75, 3.05) is 13.7 Å². The maximum Gasteiger partial charge on any atom is 0.125 e. The van der Waals surface area contributed by atoms with E-state index in [0.29, 0.717) is 0 Å². The van der Waals surface area contributed by atoms with E-state index < -0.39 is 0 Å². The molecular formula is C14H20BrNO2. The van der Waals surface area contributed by atoms with Crippen LogP contribution in [-0.2, 0) is 17.6 Å². The summed E-state index contributed by atoms with van der Waals surface area (Å²) in [6.07, 6.45) is 2.87. The summed E-state index contributed by atoms with van der Waals surface area (Å²) in [5.41, 5.74) is 8.66. The summed E-state index contributed by atoms with van der Waals surface area (Å²) in [4.78, 5) is 0. The summed E-state index contributed by atoms with van der Waals surface area (Å²) in [7, 11) is 1.72. The summed E-state index contributed by atoms with van der Waals surface area (Å²) < 4.78 is 12.1. The van der Waals surface area contributed by atoms with Gasteiger partial charge >= 0.3 is 0 Å².